The summed E-state index contributed by atoms with van der Waals surface area (Å²) in [6.07, 6.45) is 1.11. The van der Waals surface area contributed by atoms with E-state index in [9.17, 15) is 9.90 Å². The zero-order chi connectivity index (χ0) is 11.5. The molecule has 1 amide bonds. The van der Waals surface area contributed by atoms with Crippen molar-refractivity contribution in [1.82, 2.24) is 4.90 Å². The molecule has 1 aliphatic heterocycles. The lowest BCUT2D eigenvalue weighted by Gasteiger charge is -2.35. The van der Waals surface area contributed by atoms with E-state index in [0.29, 0.717) is 19.4 Å². The van der Waals surface area contributed by atoms with Gasteiger partial charge in [0.1, 0.15) is 0 Å². The molecule has 1 saturated heterocycles. The van der Waals surface area contributed by atoms with Gasteiger partial charge in [-0.2, -0.15) is 0 Å². The van der Waals surface area contributed by atoms with Gasteiger partial charge in [-0.05, 0) is 31.9 Å². The molecular weight excluding hydrogens is 202 g/mol. The van der Waals surface area contributed by atoms with Crippen molar-refractivity contribution in [3.8, 4) is 0 Å². The molecule has 0 bridgehead atoms. The van der Waals surface area contributed by atoms with Crippen molar-refractivity contribution in [2.24, 2.45) is 0 Å². The Bertz CT molecular complexity index is 363. The Morgan fingerprint density at radius 1 is 1.38 bits per heavy atom. The lowest BCUT2D eigenvalue weighted by molar-refractivity contribution is 0.0365. The van der Waals surface area contributed by atoms with Crippen LogP contribution in [0.4, 0.5) is 0 Å². The molecule has 1 fully saturated rings. The number of aliphatic hydroxyl groups is 1. The van der Waals surface area contributed by atoms with E-state index in [1.165, 1.54) is 0 Å². The Balaban J connectivity index is 2.11. The van der Waals surface area contributed by atoms with Gasteiger partial charge in [0.2, 0.25) is 0 Å². The van der Waals surface area contributed by atoms with E-state index < -0.39 is 0 Å². The minimum absolute atomic E-state index is 0.0694. The first-order valence-electron chi connectivity index (χ1n) is 5.72. The van der Waals surface area contributed by atoms with E-state index >= 15 is 0 Å². The number of rotatable bonds is 1. The van der Waals surface area contributed by atoms with Crippen LogP contribution < -0.4 is 0 Å². The number of likely N-dealkylation sites (tertiary alicyclic amines) is 1. The molecule has 2 atom stereocenters. The molecule has 0 spiro atoms. The molecule has 2 unspecified atom stereocenters. The third-order valence-electron chi connectivity index (χ3n) is 3.13. The molecule has 1 aliphatic rings. The molecule has 16 heavy (non-hydrogen) atoms. The smallest absolute Gasteiger partial charge is 0.254 e. The number of hydrogen-bond acceptors (Lipinski definition) is 2. The van der Waals surface area contributed by atoms with Crippen LogP contribution in [0, 0.1) is 0 Å². The van der Waals surface area contributed by atoms with E-state index in [1.54, 1.807) is 0 Å². The minimum atomic E-state index is -0.255. The highest BCUT2D eigenvalue weighted by atomic mass is 16.3. The highest BCUT2D eigenvalue weighted by Crippen LogP contribution is 2.19. The fraction of sp³-hybridized carbons (Fsp3) is 0.462. The first-order valence-corrected chi connectivity index (χ1v) is 5.72. The Kier molecular flexibility index (Phi) is 3.25. The quantitative estimate of drug-likeness (QED) is 0.780. The van der Waals surface area contributed by atoms with Gasteiger partial charge in [-0.3, -0.25) is 4.79 Å². The van der Waals surface area contributed by atoms with Gasteiger partial charge >= 0.3 is 0 Å². The molecule has 0 saturated carbocycles. The third kappa shape index (κ3) is 2.25. The topological polar surface area (TPSA) is 40.5 Å². The van der Waals surface area contributed by atoms with Crippen LogP contribution in [0.5, 0.6) is 0 Å². The normalized spacial score (nSPS) is 25.5. The van der Waals surface area contributed by atoms with Crippen LogP contribution in [0.3, 0.4) is 0 Å². The average Bonchev–Trinajstić information content (AvgIpc) is 2.29. The monoisotopic (exact) mass is 219 g/mol. The highest BCUT2D eigenvalue weighted by molar-refractivity contribution is 5.94. The van der Waals surface area contributed by atoms with Crippen LogP contribution in [-0.4, -0.2) is 34.6 Å². The van der Waals surface area contributed by atoms with Gasteiger partial charge in [-0.15, -0.1) is 0 Å². The molecule has 0 aromatic heterocycles. The van der Waals surface area contributed by atoms with E-state index in [0.717, 1.165) is 5.56 Å². The third-order valence-corrected chi connectivity index (χ3v) is 3.13. The summed E-state index contributed by atoms with van der Waals surface area (Å²) in [5, 5.41) is 9.51. The molecular formula is C13H17NO2. The maximum Gasteiger partial charge on any atom is 0.254 e. The summed E-state index contributed by atoms with van der Waals surface area (Å²) in [5.41, 5.74) is 0.728. The second-order valence-electron chi connectivity index (χ2n) is 4.39. The Morgan fingerprint density at radius 3 is 2.69 bits per heavy atom. The van der Waals surface area contributed by atoms with Gasteiger partial charge in [0.25, 0.3) is 5.91 Å². The van der Waals surface area contributed by atoms with Crippen LogP contribution in [0.2, 0.25) is 0 Å². The van der Waals surface area contributed by atoms with E-state index in [2.05, 4.69) is 0 Å². The zero-order valence-corrected chi connectivity index (χ0v) is 9.47. The molecule has 1 heterocycles. The molecule has 2 rings (SSSR count). The summed E-state index contributed by atoms with van der Waals surface area (Å²) < 4.78 is 0. The number of amides is 1. The minimum Gasteiger partial charge on any atom is -0.393 e. The van der Waals surface area contributed by atoms with Gasteiger partial charge in [-0.1, -0.05) is 18.2 Å². The Hall–Kier alpha value is -1.35. The molecule has 0 aliphatic carbocycles. The standard InChI is InChI=1S/C13H17NO2/c1-10-9-12(15)7-8-14(10)13(16)11-5-3-2-4-6-11/h2-6,10,12,15H,7-9H2,1H3. The maximum atomic E-state index is 12.2. The largest absolute Gasteiger partial charge is 0.393 e. The Labute approximate surface area is 95.7 Å². The number of benzene rings is 1. The Morgan fingerprint density at radius 2 is 2.06 bits per heavy atom. The number of carbonyl (C=O) groups excluding carboxylic acids is 1. The molecule has 1 aromatic rings. The molecule has 1 N–H and O–H groups in total. The summed E-state index contributed by atoms with van der Waals surface area (Å²) in [6, 6.07) is 9.43. The van der Waals surface area contributed by atoms with Crippen LogP contribution in [0.25, 0.3) is 0 Å². The summed E-state index contributed by atoms with van der Waals surface area (Å²) in [7, 11) is 0. The van der Waals surface area contributed by atoms with Crippen LogP contribution in [-0.2, 0) is 0 Å². The molecule has 3 heteroatoms. The van der Waals surface area contributed by atoms with Gasteiger partial charge in [-0.25, -0.2) is 0 Å². The number of piperidine rings is 1. The van der Waals surface area contributed by atoms with Crippen molar-refractivity contribution < 1.29 is 9.90 Å². The maximum absolute atomic E-state index is 12.2. The van der Waals surface area contributed by atoms with Crippen molar-refractivity contribution >= 4 is 5.91 Å². The summed E-state index contributed by atoms with van der Waals surface area (Å²) in [6.45, 7) is 2.64. The van der Waals surface area contributed by atoms with Crippen LogP contribution in [0.15, 0.2) is 30.3 Å². The number of aliphatic hydroxyl groups excluding tert-OH is 1. The van der Waals surface area contributed by atoms with Gasteiger partial charge in [0.15, 0.2) is 0 Å². The fourth-order valence-corrected chi connectivity index (χ4v) is 2.20. The molecule has 3 nitrogen and oxygen atoms in total. The van der Waals surface area contributed by atoms with Gasteiger partial charge in [0.05, 0.1) is 6.10 Å². The first-order chi connectivity index (χ1) is 7.68. The van der Waals surface area contributed by atoms with Crippen molar-refractivity contribution in [2.75, 3.05) is 6.54 Å². The number of carbonyl (C=O) groups is 1. The van der Waals surface area contributed by atoms with Crippen molar-refractivity contribution in [3.05, 3.63) is 35.9 Å². The summed E-state index contributed by atoms with van der Waals surface area (Å²) in [4.78, 5) is 14.0. The van der Waals surface area contributed by atoms with Crippen LogP contribution in [0.1, 0.15) is 30.1 Å². The van der Waals surface area contributed by atoms with Gasteiger partial charge in [0, 0.05) is 18.2 Å². The van der Waals surface area contributed by atoms with Crippen molar-refractivity contribution in [3.63, 3.8) is 0 Å². The lowest BCUT2D eigenvalue weighted by atomic mass is 10.00. The fourth-order valence-electron chi connectivity index (χ4n) is 2.20. The molecule has 0 radical (unpaired) electrons. The lowest BCUT2D eigenvalue weighted by Crippen LogP contribution is -2.46. The second kappa shape index (κ2) is 4.66. The molecule has 1 aromatic carbocycles. The van der Waals surface area contributed by atoms with E-state index in [-0.39, 0.29) is 18.1 Å². The van der Waals surface area contributed by atoms with E-state index in [4.69, 9.17) is 0 Å². The van der Waals surface area contributed by atoms with Crippen molar-refractivity contribution in [1.29, 1.82) is 0 Å². The predicted molar refractivity (Wildman–Crippen MR) is 62.2 cm³/mol. The zero-order valence-electron chi connectivity index (χ0n) is 9.47. The van der Waals surface area contributed by atoms with E-state index in [1.807, 2.05) is 42.2 Å². The first kappa shape index (κ1) is 11.1. The highest BCUT2D eigenvalue weighted by Gasteiger charge is 2.27. The SMILES string of the molecule is CC1CC(O)CCN1C(=O)c1ccccc1. The van der Waals surface area contributed by atoms with Gasteiger partial charge < -0.3 is 10.0 Å². The van der Waals surface area contributed by atoms with Crippen LogP contribution >= 0.6 is 0 Å². The summed E-state index contributed by atoms with van der Waals surface area (Å²) >= 11 is 0. The second-order valence-corrected chi connectivity index (χ2v) is 4.39. The summed E-state index contributed by atoms with van der Waals surface area (Å²) in [5.74, 6) is 0.0694. The average molecular weight is 219 g/mol. The predicted octanol–water partition coefficient (Wildman–Crippen LogP) is 1.67. The number of hydrogen-bond donors (Lipinski definition) is 1. The van der Waals surface area contributed by atoms with Crippen molar-refractivity contribution in [2.45, 2.75) is 31.9 Å². The molecule has 86 valence electrons. The number of nitrogens with zero attached hydrogens (tertiary/aromatic N) is 1.